The lowest BCUT2D eigenvalue weighted by atomic mass is 10.1. The smallest absolute Gasteiger partial charge is 0.251 e. The van der Waals surface area contributed by atoms with E-state index in [-0.39, 0.29) is 5.91 Å². The number of carbonyl (C=O) groups is 2. The van der Waals surface area contributed by atoms with E-state index in [1.165, 1.54) is 0 Å². The van der Waals surface area contributed by atoms with Gasteiger partial charge in [-0.25, -0.2) is 0 Å². The molecule has 1 heterocycles. The molecule has 6 nitrogen and oxygen atoms in total. The standard InChI is InChI=1S/C21H19N3O3/c22-20(25)17-6-1-4-15(10-17)13-24-21(26)18-7-2-8-19(11-18)27-14-16-5-3-9-23-12-16/h1-12H,13-14H2,(H2,22,25)(H,24,26). The highest BCUT2D eigenvalue weighted by Gasteiger charge is 2.08. The van der Waals surface area contributed by atoms with Gasteiger partial charge in [-0.05, 0) is 42.0 Å². The van der Waals surface area contributed by atoms with Gasteiger partial charge in [0.2, 0.25) is 5.91 Å². The number of rotatable bonds is 7. The molecule has 3 N–H and O–H groups in total. The van der Waals surface area contributed by atoms with Crippen LogP contribution in [0.5, 0.6) is 5.75 Å². The van der Waals surface area contributed by atoms with Gasteiger partial charge in [-0.3, -0.25) is 14.6 Å². The Morgan fingerprint density at radius 1 is 0.963 bits per heavy atom. The molecule has 1 aromatic heterocycles. The summed E-state index contributed by atoms with van der Waals surface area (Å²) in [5, 5.41) is 2.83. The van der Waals surface area contributed by atoms with Crippen molar-refractivity contribution >= 4 is 11.8 Å². The first kappa shape index (κ1) is 18.1. The Labute approximate surface area is 157 Å². The first-order chi connectivity index (χ1) is 13.1. The normalized spacial score (nSPS) is 10.2. The summed E-state index contributed by atoms with van der Waals surface area (Å²) in [6, 6.07) is 17.6. The van der Waals surface area contributed by atoms with Crippen molar-refractivity contribution in [2.45, 2.75) is 13.2 Å². The Morgan fingerprint density at radius 3 is 2.52 bits per heavy atom. The van der Waals surface area contributed by atoms with E-state index < -0.39 is 5.91 Å². The van der Waals surface area contributed by atoms with E-state index in [0.717, 1.165) is 11.1 Å². The number of benzene rings is 2. The average molecular weight is 361 g/mol. The SMILES string of the molecule is NC(=O)c1cccc(CNC(=O)c2cccc(OCc3cccnc3)c2)c1. The summed E-state index contributed by atoms with van der Waals surface area (Å²) in [5.74, 6) is -0.129. The Bertz CT molecular complexity index is 942. The van der Waals surface area contributed by atoms with Gasteiger partial charge < -0.3 is 15.8 Å². The van der Waals surface area contributed by atoms with Gasteiger partial charge in [-0.2, -0.15) is 0 Å². The van der Waals surface area contributed by atoms with Crippen LogP contribution in [0.3, 0.4) is 0 Å². The van der Waals surface area contributed by atoms with E-state index in [9.17, 15) is 9.59 Å². The lowest BCUT2D eigenvalue weighted by Crippen LogP contribution is -2.23. The molecule has 2 amide bonds. The topological polar surface area (TPSA) is 94.3 Å². The zero-order valence-corrected chi connectivity index (χ0v) is 14.6. The molecular weight excluding hydrogens is 342 g/mol. The second kappa shape index (κ2) is 8.62. The summed E-state index contributed by atoms with van der Waals surface area (Å²) < 4.78 is 5.72. The monoisotopic (exact) mass is 361 g/mol. The fourth-order valence-electron chi connectivity index (χ4n) is 2.50. The van der Waals surface area contributed by atoms with E-state index in [1.807, 2.05) is 18.2 Å². The molecule has 0 fully saturated rings. The van der Waals surface area contributed by atoms with Crippen LogP contribution in [0.15, 0.2) is 73.1 Å². The Kier molecular flexibility index (Phi) is 5.79. The molecule has 27 heavy (non-hydrogen) atoms. The largest absolute Gasteiger partial charge is 0.489 e. The molecule has 0 bridgehead atoms. The van der Waals surface area contributed by atoms with Crippen LogP contribution in [-0.4, -0.2) is 16.8 Å². The van der Waals surface area contributed by atoms with Crippen LogP contribution in [0.4, 0.5) is 0 Å². The maximum atomic E-state index is 12.4. The first-order valence-electron chi connectivity index (χ1n) is 8.40. The number of nitrogens with two attached hydrogens (primary N) is 1. The fraction of sp³-hybridized carbons (Fsp3) is 0.0952. The number of primary amides is 1. The van der Waals surface area contributed by atoms with Crippen LogP contribution in [0.25, 0.3) is 0 Å². The predicted octanol–water partition coefficient (Wildman–Crippen LogP) is 2.69. The average Bonchev–Trinajstić information content (AvgIpc) is 2.71. The zero-order valence-electron chi connectivity index (χ0n) is 14.6. The summed E-state index contributed by atoms with van der Waals surface area (Å²) in [6.07, 6.45) is 3.43. The van der Waals surface area contributed by atoms with Crippen molar-refractivity contribution in [2.24, 2.45) is 5.73 Å². The van der Waals surface area contributed by atoms with Crippen LogP contribution >= 0.6 is 0 Å². The maximum Gasteiger partial charge on any atom is 0.251 e. The number of aromatic nitrogens is 1. The second-order valence-corrected chi connectivity index (χ2v) is 5.93. The van der Waals surface area contributed by atoms with Gasteiger partial charge in [-0.1, -0.05) is 24.3 Å². The van der Waals surface area contributed by atoms with E-state index in [1.54, 1.807) is 54.9 Å². The molecule has 0 atom stereocenters. The third-order valence-corrected chi connectivity index (χ3v) is 3.89. The van der Waals surface area contributed by atoms with Crippen molar-refractivity contribution < 1.29 is 14.3 Å². The minimum Gasteiger partial charge on any atom is -0.489 e. The van der Waals surface area contributed by atoms with Crippen molar-refractivity contribution in [3.63, 3.8) is 0 Å². The highest BCUT2D eigenvalue weighted by Crippen LogP contribution is 2.15. The molecule has 136 valence electrons. The fourth-order valence-corrected chi connectivity index (χ4v) is 2.50. The Balaban J connectivity index is 1.60. The molecule has 0 aliphatic rings. The van der Waals surface area contributed by atoms with E-state index in [4.69, 9.17) is 10.5 Å². The van der Waals surface area contributed by atoms with Gasteiger partial charge >= 0.3 is 0 Å². The van der Waals surface area contributed by atoms with Crippen molar-refractivity contribution in [1.82, 2.24) is 10.3 Å². The quantitative estimate of drug-likeness (QED) is 0.676. The minimum absolute atomic E-state index is 0.230. The molecule has 3 aromatic rings. The molecule has 0 spiro atoms. The van der Waals surface area contributed by atoms with E-state index in [0.29, 0.717) is 30.0 Å². The number of ether oxygens (including phenoxy) is 1. The first-order valence-corrected chi connectivity index (χ1v) is 8.40. The molecule has 0 saturated carbocycles. The Hall–Kier alpha value is -3.67. The van der Waals surface area contributed by atoms with Crippen LogP contribution < -0.4 is 15.8 Å². The lowest BCUT2D eigenvalue weighted by molar-refractivity contribution is 0.0949. The van der Waals surface area contributed by atoms with Crippen LogP contribution in [0.2, 0.25) is 0 Å². The van der Waals surface area contributed by atoms with Crippen molar-refractivity contribution in [2.75, 3.05) is 0 Å². The highest BCUT2D eigenvalue weighted by molar-refractivity contribution is 5.95. The predicted molar refractivity (Wildman–Crippen MR) is 101 cm³/mol. The van der Waals surface area contributed by atoms with Crippen LogP contribution in [-0.2, 0) is 13.2 Å². The van der Waals surface area contributed by atoms with Gasteiger partial charge in [0.05, 0.1) is 0 Å². The van der Waals surface area contributed by atoms with Crippen molar-refractivity contribution in [1.29, 1.82) is 0 Å². The zero-order chi connectivity index (χ0) is 19.1. The summed E-state index contributed by atoms with van der Waals surface area (Å²) >= 11 is 0. The molecule has 0 saturated heterocycles. The summed E-state index contributed by atoms with van der Waals surface area (Å²) in [7, 11) is 0. The number of nitrogens with zero attached hydrogens (tertiary/aromatic N) is 1. The summed E-state index contributed by atoms with van der Waals surface area (Å²) in [4.78, 5) is 27.7. The van der Waals surface area contributed by atoms with Crippen molar-refractivity contribution in [3.8, 4) is 5.75 Å². The molecule has 3 rings (SSSR count). The van der Waals surface area contributed by atoms with Gasteiger partial charge in [0.25, 0.3) is 5.91 Å². The number of carbonyl (C=O) groups excluding carboxylic acids is 2. The highest BCUT2D eigenvalue weighted by atomic mass is 16.5. The number of nitrogens with one attached hydrogen (secondary N) is 1. The summed E-state index contributed by atoms with van der Waals surface area (Å²) in [6.45, 7) is 0.666. The van der Waals surface area contributed by atoms with Gasteiger partial charge in [0, 0.05) is 35.6 Å². The van der Waals surface area contributed by atoms with E-state index in [2.05, 4.69) is 10.3 Å². The third-order valence-electron chi connectivity index (χ3n) is 3.89. The van der Waals surface area contributed by atoms with Gasteiger partial charge in [0.1, 0.15) is 12.4 Å². The van der Waals surface area contributed by atoms with E-state index >= 15 is 0 Å². The Morgan fingerprint density at radius 2 is 1.74 bits per heavy atom. The molecule has 0 aliphatic heterocycles. The number of pyridine rings is 1. The molecule has 6 heteroatoms. The van der Waals surface area contributed by atoms with Gasteiger partial charge in [0.15, 0.2) is 0 Å². The number of hydrogen-bond acceptors (Lipinski definition) is 4. The minimum atomic E-state index is -0.498. The molecule has 0 unspecified atom stereocenters. The number of hydrogen-bond donors (Lipinski definition) is 2. The molecule has 0 aliphatic carbocycles. The van der Waals surface area contributed by atoms with Crippen LogP contribution in [0, 0.1) is 0 Å². The molecule has 0 radical (unpaired) electrons. The summed E-state index contributed by atoms with van der Waals surface area (Å²) in [5.41, 5.74) is 7.91. The molecular formula is C21H19N3O3. The van der Waals surface area contributed by atoms with Gasteiger partial charge in [-0.15, -0.1) is 0 Å². The second-order valence-electron chi connectivity index (χ2n) is 5.93. The van der Waals surface area contributed by atoms with Crippen molar-refractivity contribution in [3.05, 3.63) is 95.3 Å². The maximum absolute atomic E-state index is 12.4. The lowest BCUT2D eigenvalue weighted by Gasteiger charge is -2.09. The third kappa shape index (κ3) is 5.15. The van der Waals surface area contributed by atoms with Crippen LogP contribution in [0.1, 0.15) is 31.8 Å². The number of amides is 2. The molecule has 2 aromatic carbocycles.